The number of hydrazone groups is 1. The summed E-state index contributed by atoms with van der Waals surface area (Å²) in [7, 11) is 2.83. The molecule has 0 saturated heterocycles. The Kier molecular flexibility index (Phi) is 9.05. The highest BCUT2D eigenvalue weighted by Gasteiger charge is 2.12. The van der Waals surface area contributed by atoms with Crippen LogP contribution in [-0.4, -0.2) is 39.6 Å². The summed E-state index contributed by atoms with van der Waals surface area (Å²) < 4.78 is 45.2. The summed E-state index contributed by atoms with van der Waals surface area (Å²) in [6.45, 7) is 1.80. The van der Waals surface area contributed by atoms with E-state index in [2.05, 4.69) is 29.1 Å². The number of benzene rings is 2. The summed E-state index contributed by atoms with van der Waals surface area (Å²) in [5, 5.41) is 3.89. The molecule has 0 spiro atoms. The van der Waals surface area contributed by atoms with Crippen LogP contribution in [0.5, 0.6) is 23.0 Å². The highest BCUT2D eigenvalue weighted by Crippen LogP contribution is 2.29. The van der Waals surface area contributed by atoms with Gasteiger partial charge in [-0.2, -0.15) is 13.9 Å². The Morgan fingerprint density at radius 2 is 1.71 bits per heavy atom. The van der Waals surface area contributed by atoms with Crippen LogP contribution in [-0.2, 0) is 0 Å². The van der Waals surface area contributed by atoms with Crippen LogP contribution in [0.4, 0.5) is 8.78 Å². The van der Waals surface area contributed by atoms with Crippen molar-refractivity contribution >= 4 is 12.1 Å². The largest absolute Gasteiger partial charge is 0.493 e. The van der Waals surface area contributed by atoms with E-state index in [0.717, 1.165) is 6.42 Å². The lowest BCUT2D eigenvalue weighted by atomic mass is 10.1. The monoisotopic (exact) mass is 436 g/mol. The zero-order valence-electron chi connectivity index (χ0n) is 17.9. The van der Waals surface area contributed by atoms with E-state index in [9.17, 15) is 13.6 Å². The second-order valence-corrected chi connectivity index (χ2v) is 6.88. The van der Waals surface area contributed by atoms with Crippen molar-refractivity contribution in [2.24, 2.45) is 11.0 Å². The van der Waals surface area contributed by atoms with Crippen molar-refractivity contribution in [3.63, 3.8) is 0 Å². The van der Waals surface area contributed by atoms with Gasteiger partial charge in [0.05, 0.1) is 27.0 Å². The fourth-order valence-electron chi connectivity index (χ4n) is 2.52. The van der Waals surface area contributed by atoms with Crippen LogP contribution in [0, 0.1) is 5.92 Å². The number of methoxy groups -OCH3 is 2. The van der Waals surface area contributed by atoms with Crippen molar-refractivity contribution < 1.29 is 32.5 Å². The molecule has 0 aromatic heterocycles. The van der Waals surface area contributed by atoms with E-state index in [-0.39, 0.29) is 11.5 Å². The highest BCUT2D eigenvalue weighted by atomic mass is 19.3. The molecule has 0 aliphatic rings. The minimum atomic E-state index is -2.96. The van der Waals surface area contributed by atoms with Crippen molar-refractivity contribution in [2.45, 2.75) is 26.9 Å². The molecule has 0 atom stereocenters. The van der Waals surface area contributed by atoms with E-state index in [1.54, 1.807) is 18.2 Å². The number of amides is 1. The van der Waals surface area contributed by atoms with Crippen molar-refractivity contribution in [2.75, 3.05) is 20.8 Å². The summed E-state index contributed by atoms with van der Waals surface area (Å²) in [5.74, 6) is 1.09. The molecule has 168 valence electrons. The number of nitrogens with zero attached hydrogens (tertiary/aromatic N) is 1. The second kappa shape index (κ2) is 11.7. The first-order valence-corrected chi connectivity index (χ1v) is 9.61. The number of hydrogen-bond donors (Lipinski definition) is 1. The van der Waals surface area contributed by atoms with Gasteiger partial charge in [-0.15, -0.1) is 0 Å². The van der Waals surface area contributed by atoms with E-state index < -0.39 is 12.5 Å². The molecule has 0 radical (unpaired) electrons. The van der Waals surface area contributed by atoms with Gasteiger partial charge in [0.2, 0.25) is 0 Å². The average Bonchev–Trinajstić information content (AvgIpc) is 2.74. The Balaban J connectivity index is 2.02. The molecule has 0 aliphatic carbocycles. The molecule has 0 aliphatic heterocycles. The minimum absolute atomic E-state index is 0.0958. The number of carbonyl (C=O) groups excluding carboxylic acids is 1. The first-order chi connectivity index (χ1) is 14.8. The number of rotatable bonds is 11. The van der Waals surface area contributed by atoms with Gasteiger partial charge in [-0.1, -0.05) is 13.8 Å². The molecule has 31 heavy (non-hydrogen) atoms. The maximum atomic E-state index is 12.4. The Hall–Kier alpha value is -3.36. The van der Waals surface area contributed by atoms with Crippen molar-refractivity contribution in [3.05, 3.63) is 47.5 Å². The number of carbonyl (C=O) groups is 1. The van der Waals surface area contributed by atoms with Gasteiger partial charge >= 0.3 is 6.61 Å². The van der Waals surface area contributed by atoms with Crippen molar-refractivity contribution in [1.29, 1.82) is 0 Å². The highest BCUT2D eigenvalue weighted by molar-refractivity contribution is 5.95. The number of hydrogen-bond acceptors (Lipinski definition) is 6. The zero-order valence-corrected chi connectivity index (χ0v) is 17.9. The average molecular weight is 436 g/mol. The first kappa shape index (κ1) is 23.9. The van der Waals surface area contributed by atoms with Crippen LogP contribution in [0.3, 0.4) is 0 Å². The molecule has 2 rings (SSSR count). The summed E-state index contributed by atoms with van der Waals surface area (Å²) in [6, 6.07) is 9.13. The molecule has 9 heteroatoms. The SMILES string of the molecule is COc1cc(C(=O)N/N=C/c2ccc(OC(F)F)c(OC)c2)ccc1OCCC(C)C. The van der Waals surface area contributed by atoms with Crippen LogP contribution in [0.15, 0.2) is 41.5 Å². The van der Waals surface area contributed by atoms with Gasteiger partial charge in [0.15, 0.2) is 23.0 Å². The predicted molar refractivity (Wildman–Crippen MR) is 113 cm³/mol. The first-order valence-electron chi connectivity index (χ1n) is 9.61. The number of ether oxygens (including phenoxy) is 4. The van der Waals surface area contributed by atoms with Gasteiger partial charge in [0.1, 0.15) is 0 Å². The second-order valence-electron chi connectivity index (χ2n) is 6.88. The van der Waals surface area contributed by atoms with Crippen LogP contribution in [0.2, 0.25) is 0 Å². The molecule has 0 fully saturated rings. The maximum Gasteiger partial charge on any atom is 0.387 e. The molecule has 2 aromatic rings. The van der Waals surface area contributed by atoms with Gasteiger partial charge < -0.3 is 18.9 Å². The van der Waals surface area contributed by atoms with E-state index in [1.165, 1.54) is 38.6 Å². The lowest BCUT2D eigenvalue weighted by Crippen LogP contribution is -2.17. The van der Waals surface area contributed by atoms with Gasteiger partial charge in [-0.25, -0.2) is 5.43 Å². The number of alkyl halides is 2. The predicted octanol–water partition coefficient (Wildman–Crippen LogP) is 4.49. The molecular weight excluding hydrogens is 410 g/mol. The van der Waals surface area contributed by atoms with E-state index in [0.29, 0.717) is 35.2 Å². The Labute approximate surface area is 180 Å². The third-order valence-electron chi connectivity index (χ3n) is 4.16. The summed E-state index contributed by atoms with van der Waals surface area (Å²) in [4.78, 5) is 12.4. The molecule has 1 amide bonds. The van der Waals surface area contributed by atoms with Gasteiger partial charge in [0.25, 0.3) is 5.91 Å². The Bertz CT molecular complexity index is 903. The summed E-state index contributed by atoms with van der Waals surface area (Å²) in [5.41, 5.74) is 3.26. The van der Waals surface area contributed by atoms with Crippen LogP contribution >= 0.6 is 0 Å². The Morgan fingerprint density at radius 1 is 1.03 bits per heavy atom. The molecular formula is C22H26F2N2O5. The van der Waals surface area contributed by atoms with Crippen LogP contribution in [0.25, 0.3) is 0 Å². The third kappa shape index (κ3) is 7.44. The Morgan fingerprint density at radius 3 is 2.35 bits per heavy atom. The molecule has 0 unspecified atom stereocenters. The topological polar surface area (TPSA) is 78.4 Å². The van der Waals surface area contributed by atoms with Gasteiger partial charge in [0, 0.05) is 5.56 Å². The lowest BCUT2D eigenvalue weighted by Gasteiger charge is -2.12. The van der Waals surface area contributed by atoms with E-state index in [1.807, 2.05) is 0 Å². The standard InChI is InChI=1S/C22H26F2N2O5/c1-14(2)9-10-30-17-8-6-16(12-20(17)29-4)21(27)26-25-13-15-5-7-18(31-22(23)24)19(11-15)28-3/h5-8,11-14,22H,9-10H2,1-4H3,(H,26,27)/b25-13+. The molecule has 0 bridgehead atoms. The molecule has 0 saturated carbocycles. The van der Waals surface area contributed by atoms with Gasteiger partial charge in [-0.05, 0) is 54.3 Å². The van der Waals surface area contributed by atoms with E-state index >= 15 is 0 Å². The fourth-order valence-corrected chi connectivity index (χ4v) is 2.52. The zero-order chi connectivity index (χ0) is 22.8. The molecule has 1 N–H and O–H groups in total. The lowest BCUT2D eigenvalue weighted by molar-refractivity contribution is -0.0512. The number of nitrogens with one attached hydrogen (secondary N) is 1. The normalized spacial score (nSPS) is 11.1. The van der Waals surface area contributed by atoms with Crippen molar-refractivity contribution in [3.8, 4) is 23.0 Å². The maximum absolute atomic E-state index is 12.4. The van der Waals surface area contributed by atoms with Crippen LogP contribution < -0.4 is 24.4 Å². The number of halogens is 2. The van der Waals surface area contributed by atoms with E-state index in [4.69, 9.17) is 14.2 Å². The van der Waals surface area contributed by atoms with Gasteiger partial charge in [-0.3, -0.25) is 4.79 Å². The third-order valence-corrected chi connectivity index (χ3v) is 4.16. The smallest absolute Gasteiger partial charge is 0.387 e. The molecule has 7 nitrogen and oxygen atoms in total. The van der Waals surface area contributed by atoms with Crippen molar-refractivity contribution in [1.82, 2.24) is 5.43 Å². The summed E-state index contributed by atoms with van der Waals surface area (Å²) >= 11 is 0. The van der Waals surface area contributed by atoms with Crippen LogP contribution in [0.1, 0.15) is 36.2 Å². The fraction of sp³-hybridized carbons (Fsp3) is 0.364. The molecule has 0 heterocycles. The summed E-state index contributed by atoms with van der Waals surface area (Å²) in [6.07, 6.45) is 2.26. The minimum Gasteiger partial charge on any atom is -0.493 e. The molecule has 2 aromatic carbocycles. The quantitative estimate of drug-likeness (QED) is 0.415.